The third-order valence-corrected chi connectivity index (χ3v) is 6.36. The minimum atomic E-state index is -0.367. The van der Waals surface area contributed by atoms with Crippen molar-refractivity contribution in [2.24, 2.45) is 5.92 Å². The van der Waals surface area contributed by atoms with Crippen LogP contribution in [0.15, 0.2) is 18.3 Å². The van der Waals surface area contributed by atoms with E-state index in [0.29, 0.717) is 16.5 Å². The van der Waals surface area contributed by atoms with Crippen molar-refractivity contribution in [2.75, 3.05) is 12.4 Å². The Morgan fingerprint density at radius 2 is 2.15 bits per heavy atom. The number of aromatic nitrogens is 1. The number of nitrogens with zero attached hydrogens (tertiary/aromatic N) is 1. The van der Waals surface area contributed by atoms with Crippen molar-refractivity contribution < 1.29 is 18.9 Å². The summed E-state index contributed by atoms with van der Waals surface area (Å²) in [6.07, 6.45) is 5.80. The number of carbonyl (C=O) groups excluding carboxylic acids is 2. The quantitative estimate of drug-likeness (QED) is 0.631. The van der Waals surface area contributed by atoms with Gasteiger partial charge in [-0.3, -0.25) is 4.79 Å². The predicted molar refractivity (Wildman–Crippen MR) is 106 cm³/mol. The van der Waals surface area contributed by atoms with Gasteiger partial charge in [-0.2, -0.15) is 4.57 Å². The Balaban J connectivity index is 1.85. The molecular formula is C21H27N2O3S+. The third-order valence-electron chi connectivity index (χ3n) is 5.19. The molecule has 0 saturated carbocycles. The SMILES string of the molecule is CCc1ccc(C)[n+](CC(=O)Nc2sc3c(c2C(=O)OC)CC[C@@H](C)C3)c1. The van der Waals surface area contributed by atoms with E-state index >= 15 is 0 Å². The van der Waals surface area contributed by atoms with Crippen LogP contribution in [0.2, 0.25) is 0 Å². The van der Waals surface area contributed by atoms with Crippen LogP contribution in [0.4, 0.5) is 5.00 Å². The molecule has 3 rings (SSSR count). The second-order valence-corrected chi connectivity index (χ2v) is 8.36. The van der Waals surface area contributed by atoms with Crippen LogP contribution in [0, 0.1) is 12.8 Å². The van der Waals surface area contributed by atoms with Crippen LogP contribution in [-0.4, -0.2) is 19.0 Å². The number of hydrogen-bond acceptors (Lipinski definition) is 4. The molecule has 1 amide bonds. The van der Waals surface area contributed by atoms with Crippen molar-refractivity contribution in [3.05, 3.63) is 45.6 Å². The fourth-order valence-electron chi connectivity index (χ4n) is 3.53. The first-order valence-electron chi connectivity index (χ1n) is 9.44. The van der Waals surface area contributed by atoms with E-state index in [4.69, 9.17) is 4.74 Å². The van der Waals surface area contributed by atoms with Gasteiger partial charge < -0.3 is 10.1 Å². The van der Waals surface area contributed by atoms with E-state index in [1.165, 1.54) is 28.9 Å². The van der Waals surface area contributed by atoms with E-state index in [1.54, 1.807) is 0 Å². The van der Waals surface area contributed by atoms with Crippen LogP contribution in [0.5, 0.6) is 0 Å². The number of carbonyl (C=O) groups is 2. The van der Waals surface area contributed by atoms with Gasteiger partial charge in [-0.15, -0.1) is 11.3 Å². The minimum absolute atomic E-state index is 0.131. The number of thiophene rings is 1. The normalized spacial score (nSPS) is 15.9. The molecule has 2 aromatic heterocycles. The summed E-state index contributed by atoms with van der Waals surface area (Å²) in [5.41, 5.74) is 3.80. The van der Waals surface area contributed by atoms with Gasteiger partial charge in [0.05, 0.1) is 12.7 Å². The molecule has 144 valence electrons. The number of anilines is 1. The maximum absolute atomic E-state index is 12.7. The molecule has 0 fully saturated rings. The summed E-state index contributed by atoms with van der Waals surface area (Å²) in [6, 6.07) is 4.10. The fourth-order valence-corrected chi connectivity index (χ4v) is 4.94. The van der Waals surface area contributed by atoms with Gasteiger partial charge >= 0.3 is 5.97 Å². The molecule has 0 unspecified atom stereocenters. The largest absolute Gasteiger partial charge is 0.465 e. The number of ether oxygens (including phenoxy) is 1. The Labute approximate surface area is 164 Å². The average Bonchev–Trinajstić information content (AvgIpc) is 2.99. The molecule has 0 aliphatic heterocycles. The van der Waals surface area contributed by atoms with Crippen molar-refractivity contribution in [2.45, 2.75) is 53.0 Å². The van der Waals surface area contributed by atoms with Crippen molar-refractivity contribution >= 4 is 28.2 Å². The number of amides is 1. The zero-order valence-corrected chi connectivity index (χ0v) is 17.2. The Morgan fingerprint density at radius 3 is 2.85 bits per heavy atom. The summed E-state index contributed by atoms with van der Waals surface area (Å²) in [6.45, 7) is 6.52. The maximum atomic E-state index is 12.7. The monoisotopic (exact) mass is 387 g/mol. The van der Waals surface area contributed by atoms with Gasteiger partial charge in [-0.1, -0.05) is 13.8 Å². The molecule has 0 saturated heterocycles. The van der Waals surface area contributed by atoms with Gasteiger partial charge in [0.1, 0.15) is 5.00 Å². The lowest BCUT2D eigenvalue weighted by Gasteiger charge is -2.18. The van der Waals surface area contributed by atoms with Crippen molar-refractivity contribution in [1.29, 1.82) is 0 Å². The molecule has 1 aliphatic carbocycles. The lowest BCUT2D eigenvalue weighted by molar-refractivity contribution is -0.690. The van der Waals surface area contributed by atoms with Crippen molar-refractivity contribution in [3.8, 4) is 0 Å². The Hall–Kier alpha value is -2.21. The second kappa shape index (κ2) is 8.21. The highest BCUT2D eigenvalue weighted by Gasteiger charge is 2.29. The molecular weight excluding hydrogens is 360 g/mol. The lowest BCUT2D eigenvalue weighted by atomic mass is 9.88. The second-order valence-electron chi connectivity index (χ2n) is 7.26. The fraction of sp³-hybridized carbons (Fsp3) is 0.476. The third kappa shape index (κ3) is 4.21. The zero-order chi connectivity index (χ0) is 19.6. The van der Waals surface area contributed by atoms with Crippen LogP contribution in [0.25, 0.3) is 0 Å². The van der Waals surface area contributed by atoms with Gasteiger partial charge in [0.25, 0.3) is 5.91 Å². The van der Waals surface area contributed by atoms with E-state index < -0.39 is 0 Å². The van der Waals surface area contributed by atoms with E-state index in [0.717, 1.165) is 36.9 Å². The van der Waals surface area contributed by atoms with Crippen molar-refractivity contribution in [3.63, 3.8) is 0 Å². The van der Waals surface area contributed by atoms with Gasteiger partial charge in [-0.05, 0) is 43.2 Å². The van der Waals surface area contributed by atoms with Crippen molar-refractivity contribution in [1.82, 2.24) is 0 Å². The number of pyridine rings is 1. The molecule has 2 aromatic rings. The molecule has 1 atom stereocenters. The maximum Gasteiger partial charge on any atom is 0.341 e. The molecule has 1 aliphatic rings. The number of esters is 1. The molecule has 1 N–H and O–H groups in total. The molecule has 0 aromatic carbocycles. The standard InChI is InChI=1S/C21H26N2O3S/c1-5-15-8-7-14(3)23(11-15)12-18(24)22-20-19(21(25)26-4)16-9-6-13(2)10-17(16)27-20/h7-8,11,13H,5-6,9-10,12H2,1-4H3/p+1/t13-/m1/s1. The van der Waals surface area contributed by atoms with Gasteiger partial charge in [0, 0.05) is 23.4 Å². The van der Waals surface area contributed by atoms with Crippen LogP contribution in [0.3, 0.4) is 0 Å². The number of hydrogen-bond donors (Lipinski definition) is 1. The molecule has 2 heterocycles. The van der Waals surface area contributed by atoms with E-state index in [2.05, 4.69) is 25.2 Å². The number of fused-ring (bicyclic) bond motifs is 1. The molecule has 5 nitrogen and oxygen atoms in total. The number of rotatable bonds is 5. The van der Waals surface area contributed by atoms with Crippen LogP contribution < -0.4 is 9.88 Å². The van der Waals surface area contributed by atoms with Crippen LogP contribution in [-0.2, 0) is 35.3 Å². The van der Waals surface area contributed by atoms with E-state index in [1.807, 2.05) is 23.8 Å². The summed E-state index contributed by atoms with van der Waals surface area (Å²) in [7, 11) is 1.39. The molecule has 0 bridgehead atoms. The summed E-state index contributed by atoms with van der Waals surface area (Å²) < 4.78 is 6.93. The van der Waals surface area contributed by atoms with E-state index in [-0.39, 0.29) is 18.4 Å². The smallest absolute Gasteiger partial charge is 0.341 e. The van der Waals surface area contributed by atoms with Gasteiger partial charge in [0.2, 0.25) is 6.54 Å². The zero-order valence-electron chi connectivity index (χ0n) is 16.4. The first-order chi connectivity index (χ1) is 12.9. The Morgan fingerprint density at radius 1 is 1.37 bits per heavy atom. The Kier molecular flexibility index (Phi) is 5.95. The van der Waals surface area contributed by atoms with Crippen LogP contribution in [0.1, 0.15) is 52.3 Å². The molecule has 0 spiro atoms. The first-order valence-corrected chi connectivity index (χ1v) is 10.3. The highest BCUT2D eigenvalue weighted by atomic mass is 32.1. The lowest BCUT2D eigenvalue weighted by Crippen LogP contribution is -2.43. The average molecular weight is 388 g/mol. The summed E-state index contributed by atoms with van der Waals surface area (Å²) in [4.78, 5) is 26.2. The number of nitrogens with one attached hydrogen (secondary N) is 1. The minimum Gasteiger partial charge on any atom is -0.465 e. The molecule has 27 heavy (non-hydrogen) atoms. The first kappa shape index (κ1) is 19.5. The molecule has 6 heteroatoms. The summed E-state index contributed by atoms with van der Waals surface area (Å²) >= 11 is 1.52. The molecule has 0 radical (unpaired) electrons. The predicted octanol–water partition coefficient (Wildman–Crippen LogP) is 3.46. The Bertz CT molecular complexity index is 873. The van der Waals surface area contributed by atoms with E-state index in [9.17, 15) is 9.59 Å². The summed E-state index contributed by atoms with van der Waals surface area (Å²) in [5.74, 6) is 0.0995. The highest BCUT2D eigenvalue weighted by molar-refractivity contribution is 7.17. The number of methoxy groups -OCH3 is 1. The highest BCUT2D eigenvalue weighted by Crippen LogP contribution is 2.39. The summed E-state index contributed by atoms with van der Waals surface area (Å²) in [5, 5.41) is 3.59. The van der Waals surface area contributed by atoms with Gasteiger partial charge in [-0.25, -0.2) is 4.79 Å². The van der Waals surface area contributed by atoms with Gasteiger partial charge in [0.15, 0.2) is 11.9 Å². The number of aryl methyl sites for hydroxylation is 2. The topological polar surface area (TPSA) is 59.3 Å². The van der Waals surface area contributed by atoms with Crippen LogP contribution >= 0.6 is 11.3 Å².